The summed E-state index contributed by atoms with van der Waals surface area (Å²) in [6, 6.07) is 5.92. The molecule has 0 aliphatic carbocycles. The number of hydrogen-bond donors (Lipinski definition) is 5. The van der Waals surface area contributed by atoms with Gasteiger partial charge in [0.05, 0.1) is 23.3 Å². The van der Waals surface area contributed by atoms with E-state index in [1.165, 1.54) is 12.3 Å². The van der Waals surface area contributed by atoms with Crippen LogP contribution < -0.4 is 27.0 Å². The lowest BCUT2D eigenvalue weighted by Gasteiger charge is -2.42. The molecule has 0 saturated carbocycles. The van der Waals surface area contributed by atoms with Gasteiger partial charge in [0, 0.05) is 66.9 Å². The summed E-state index contributed by atoms with van der Waals surface area (Å²) < 4.78 is 25.9. The highest BCUT2D eigenvalue weighted by Gasteiger charge is 2.25. The van der Waals surface area contributed by atoms with Crippen molar-refractivity contribution in [3.63, 3.8) is 0 Å². The molecule has 43 heavy (non-hydrogen) atoms. The van der Waals surface area contributed by atoms with Crippen LogP contribution in [0, 0.1) is 0 Å². The second kappa shape index (κ2) is 14.7. The van der Waals surface area contributed by atoms with Crippen molar-refractivity contribution in [1.82, 2.24) is 14.8 Å². The molecule has 232 valence electrons. The Hall–Kier alpha value is -3.68. The molecular formula is C30H41ClN8O3S. The van der Waals surface area contributed by atoms with Crippen LogP contribution in [0.25, 0.3) is 17.2 Å². The van der Waals surface area contributed by atoms with Gasteiger partial charge >= 0.3 is 0 Å². The van der Waals surface area contributed by atoms with Gasteiger partial charge < -0.3 is 16.5 Å². The molecule has 1 aromatic heterocycles. The topological polar surface area (TPSA) is 159 Å². The minimum Gasteiger partial charge on any atom is -0.401 e. The first-order valence-electron chi connectivity index (χ1n) is 13.7. The standard InChI is InChI=1S/C30H41ClN8O3S/c1-7-25-26(13-22(14-27(25)36-33)23-15-28(29(31)34-16-23)37-43(6,41)42)35-30(40)20(4)9-8-10-24(32)18-38-11-12-39(19(2)3)21(5)17-38/h7-10,13-16,19,21,36-37H,1,4,11-12,17-18,32-33H2,2-3,5-6H3,(H,35,40)/b9-8-,24-10-. The van der Waals surface area contributed by atoms with Crippen LogP contribution in [0.15, 0.2) is 67.1 Å². The van der Waals surface area contributed by atoms with Crippen molar-refractivity contribution in [3.8, 4) is 11.1 Å². The van der Waals surface area contributed by atoms with Gasteiger partial charge in [-0.25, -0.2) is 13.4 Å². The van der Waals surface area contributed by atoms with Crippen LogP contribution >= 0.6 is 11.6 Å². The van der Waals surface area contributed by atoms with E-state index < -0.39 is 15.9 Å². The monoisotopic (exact) mass is 628 g/mol. The lowest BCUT2D eigenvalue weighted by atomic mass is 10.0. The normalized spacial score (nSPS) is 16.8. The zero-order valence-electron chi connectivity index (χ0n) is 25.0. The lowest BCUT2D eigenvalue weighted by Crippen LogP contribution is -2.54. The molecule has 1 aliphatic rings. The molecule has 3 rings (SSSR count). The number of aromatic nitrogens is 1. The van der Waals surface area contributed by atoms with Crippen LogP contribution in [0.5, 0.6) is 0 Å². The molecule has 1 unspecified atom stereocenters. The van der Waals surface area contributed by atoms with E-state index in [0.29, 0.717) is 52.4 Å². The first kappa shape index (κ1) is 33.8. The highest BCUT2D eigenvalue weighted by molar-refractivity contribution is 7.92. The predicted octanol–water partition coefficient (Wildman–Crippen LogP) is 4.01. The molecule has 1 amide bonds. The van der Waals surface area contributed by atoms with Crippen molar-refractivity contribution < 1.29 is 13.2 Å². The van der Waals surface area contributed by atoms with Gasteiger partial charge in [-0.3, -0.25) is 25.2 Å². The highest BCUT2D eigenvalue weighted by Crippen LogP contribution is 2.35. The van der Waals surface area contributed by atoms with Gasteiger partial charge in [0.2, 0.25) is 10.0 Å². The second-order valence-electron chi connectivity index (χ2n) is 10.8. The Morgan fingerprint density at radius 1 is 1.21 bits per heavy atom. The van der Waals surface area contributed by atoms with E-state index in [1.54, 1.807) is 36.4 Å². The molecule has 0 bridgehead atoms. The summed E-state index contributed by atoms with van der Waals surface area (Å²) in [5.41, 5.74) is 12.4. The minimum absolute atomic E-state index is 0.0105. The van der Waals surface area contributed by atoms with E-state index in [9.17, 15) is 13.2 Å². The predicted molar refractivity (Wildman–Crippen MR) is 178 cm³/mol. The molecule has 1 atom stereocenters. The first-order valence-corrected chi connectivity index (χ1v) is 16.0. The molecule has 1 fully saturated rings. The number of nitrogens with zero attached hydrogens (tertiary/aromatic N) is 3. The number of rotatable bonds is 12. The van der Waals surface area contributed by atoms with Gasteiger partial charge in [-0.1, -0.05) is 36.9 Å². The number of sulfonamides is 1. The number of halogens is 1. The number of nitrogens with one attached hydrogen (secondary N) is 3. The number of nitrogens with two attached hydrogens (primary N) is 2. The maximum absolute atomic E-state index is 13.1. The fourth-order valence-electron chi connectivity index (χ4n) is 4.97. The number of hydrogen-bond acceptors (Lipinski definition) is 9. The van der Waals surface area contributed by atoms with Crippen LogP contribution in [0.4, 0.5) is 17.1 Å². The molecule has 0 radical (unpaired) electrons. The minimum atomic E-state index is -3.59. The van der Waals surface area contributed by atoms with E-state index >= 15 is 0 Å². The summed E-state index contributed by atoms with van der Waals surface area (Å²) in [7, 11) is -3.59. The number of carbonyl (C=O) groups excluding carboxylic acids is 1. The van der Waals surface area contributed by atoms with Crippen LogP contribution in [-0.4, -0.2) is 73.6 Å². The summed E-state index contributed by atoms with van der Waals surface area (Å²) in [4.78, 5) is 22.0. The largest absolute Gasteiger partial charge is 0.401 e. The fraction of sp³-hybridized carbons (Fsp3) is 0.333. The Morgan fingerprint density at radius 2 is 1.88 bits per heavy atom. The molecule has 11 nitrogen and oxygen atoms in total. The number of amides is 1. The van der Waals surface area contributed by atoms with Gasteiger partial charge in [0.1, 0.15) is 0 Å². The summed E-state index contributed by atoms with van der Waals surface area (Å²) in [5.74, 6) is 5.32. The Kier molecular flexibility index (Phi) is 11.5. The molecule has 7 N–H and O–H groups in total. The number of hydrazine groups is 1. The van der Waals surface area contributed by atoms with Crippen molar-refractivity contribution in [3.05, 3.63) is 77.8 Å². The van der Waals surface area contributed by atoms with E-state index in [2.05, 4.69) is 64.2 Å². The average molecular weight is 629 g/mol. The van der Waals surface area contributed by atoms with Gasteiger partial charge in [-0.2, -0.15) is 0 Å². The first-order chi connectivity index (χ1) is 20.2. The van der Waals surface area contributed by atoms with Gasteiger partial charge in [-0.15, -0.1) is 0 Å². The van der Waals surface area contributed by atoms with Crippen LogP contribution in [0.2, 0.25) is 5.15 Å². The molecule has 1 aliphatic heterocycles. The van der Waals surface area contributed by atoms with Crippen molar-refractivity contribution in [2.45, 2.75) is 32.9 Å². The Morgan fingerprint density at radius 3 is 2.49 bits per heavy atom. The number of piperazine rings is 1. The Balaban J connectivity index is 1.75. The number of carbonyl (C=O) groups is 1. The Labute approximate surface area is 259 Å². The molecule has 1 saturated heterocycles. The van der Waals surface area contributed by atoms with Crippen molar-refractivity contribution >= 4 is 50.7 Å². The summed E-state index contributed by atoms with van der Waals surface area (Å²) >= 11 is 6.09. The number of nitrogen functional groups attached to an aromatic ring is 1. The molecular weight excluding hydrogens is 588 g/mol. The Bertz CT molecular complexity index is 1540. The molecule has 1 aromatic carbocycles. The lowest BCUT2D eigenvalue weighted by molar-refractivity contribution is -0.112. The quantitative estimate of drug-likeness (QED) is 0.0769. The number of benzene rings is 1. The van der Waals surface area contributed by atoms with E-state index in [4.69, 9.17) is 23.2 Å². The molecule has 13 heteroatoms. The second-order valence-corrected chi connectivity index (χ2v) is 12.9. The summed E-state index contributed by atoms with van der Waals surface area (Å²) in [6.45, 7) is 17.9. The third-order valence-electron chi connectivity index (χ3n) is 6.99. The summed E-state index contributed by atoms with van der Waals surface area (Å²) in [6.07, 6.45) is 9.12. The third kappa shape index (κ3) is 9.40. The maximum Gasteiger partial charge on any atom is 0.255 e. The van der Waals surface area contributed by atoms with Crippen LogP contribution in [0.1, 0.15) is 26.3 Å². The fourth-order valence-corrected chi connectivity index (χ4v) is 5.74. The average Bonchev–Trinajstić information content (AvgIpc) is 2.92. The molecule has 2 heterocycles. The van der Waals surface area contributed by atoms with Gasteiger partial charge in [-0.05, 0) is 56.7 Å². The van der Waals surface area contributed by atoms with Crippen molar-refractivity contribution in [2.24, 2.45) is 11.6 Å². The summed E-state index contributed by atoms with van der Waals surface area (Å²) in [5, 5.41) is 2.84. The molecule has 0 spiro atoms. The number of pyridine rings is 1. The number of allylic oxidation sites excluding steroid dienone is 2. The number of anilines is 3. The van der Waals surface area contributed by atoms with Crippen LogP contribution in [-0.2, 0) is 14.8 Å². The van der Waals surface area contributed by atoms with Gasteiger partial charge in [0.15, 0.2) is 5.15 Å². The van der Waals surface area contributed by atoms with Crippen molar-refractivity contribution in [2.75, 3.05) is 47.9 Å². The van der Waals surface area contributed by atoms with Crippen LogP contribution in [0.3, 0.4) is 0 Å². The van der Waals surface area contributed by atoms with E-state index in [0.717, 1.165) is 25.9 Å². The highest BCUT2D eigenvalue weighted by atomic mass is 35.5. The smallest absolute Gasteiger partial charge is 0.255 e. The van der Waals surface area contributed by atoms with Gasteiger partial charge in [0.25, 0.3) is 5.91 Å². The SMILES string of the molecule is C=Cc1c(NN)cc(-c2cnc(Cl)c(NS(C)(=O)=O)c2)cc1NC(=O)C(=C)/C=C\C=C(/N)CN1CCN(C(C)C)C(C)C1. The molecule has 2 aromatic rings. The maximum atomic E-state index is 13.1. The van der Waals surface area contributed by atoms with E-state index in [-0.39, 0.29) is 16.4 Å². The van der Waals surface area contributed by atoms with E-state index in [1.807, 2.05) is 0 Å². The van der Waals surface area contributed by atoms with Crippen molar-refractivity contribution in [1.29, 1.82) is 0 Å². The zero-order chi connectivity index (χ0) is 31.9. The zero-order valence-corrected chi connectivity index (χ0v) is 26.6. The third-order valence-corrected chi connectivity index (χ3v) is 7.88.